The van der Waals surface area contributed by atoms with Crippen LogP contribution >= 0.6 is 11.3 Å². The zero-order valence-corrected chi connectivity index (χ0v) is 16.3. The second kappa shape index (κ2) is 7.91. The Labute approximate surface area is 158 Å². The zero-order chi connectivity index (χ0) is 18.7. The number of nitrogens with one attached hydrogen (secondary N) is 2. The molecular formula is C20H25N3O2S. The van der Waals surface area contributed by atoms with Gasteiger partial charge < -0.3 is 4.90 Å². The monoisotopic (exact) mass is 371 g/mol. The summed E-state index contributed by atoms with van der Waals surface area (Å²) in [5, 5.41) is 0. The van der Waals surface area contributed by atoms with Crippen molar-refractivity contribution in [2.24, 2.45) is 5.92 Å². The number of carbonyl (C=O) groups is 2. The number of urea groups is 1. The highest BCUT2D eigenvalue weighted by Crippen LogP contribution is 2.32. The van der Waals surface area contributed by atoms with Gasteiger partial charge in [0.15, 0.2) is 0 Å². The van der Waals surface area contributed by atoms with Crippen LogP contribution in [0.2, 0.25) is 0 Å². The van der Waals surface area contributed by atoms with E-state index in [0.717, 1.165) is 18.4 Å². The first-order chi connectivity index (χ1) is 12.4. The number of hydrogen-bond donors (Lipinski definition) is 2. The highest BCUT2D eigenvalue weighted by Gasteiger charge is 2.21. The van der Waals surface area contributed by atoms with E-state index in [1.807, 2.05) is 37.3 Å². The van der Waals surface area contributed by atoms with Crippen molar-refractivity contribution >= 4 is 23.3 Å². The number of rotatable bonds is 3. The third-order valence-electron chi connectivity index (χ3n) is 4.72. The Hall–Kier alpha value is -2.34. The molecule has 5 nitrogen and oxygen atoms in total. The van der Waals surface area contributed by atoms with Crippen LogP contribution in [0.1, 0.15) is 44.6 Å². The molecule has 0 unspecified atom stereocenters. The molecule has 3 amide bonds. The summed E-state index contributed by atoms with van der Waals surface area (Å²) in [6, 6.07) is 9.65. The second-order valence-corrected chi connectivity index (χ2v) is 8.27. The lowest BCUT2D eigenvalue weighted by Gasteiger charge is -2.18. The molecule has 3 rings (SSSR count). The van der Waals surface area contributed by atoms with Crippen molar-refractivity contribution in [2.45, 2.75) is 39.7 Å². The van der Waals surface area contributed by atoms with Crippen LogP contribution in [-0.4, -0.2) is 23.9 Å². The Balaban J connectivity index is 1.52. The molecule has 1 aromatic carbocycles. The SMILES string of the molecule is Cc1ccc(CN(C)C(=O)NNC(=O)c2cc3c(s2)CC[C@@H](C)C3)cc1. The van der Waals surface area contributed by atoms with Gasteiger partial charge in [-0.25, -0.2) is 10.2 Å². The molecule has 0 bridgehead atoms. The van der Waals surface area contributed by atoms with Crippen molar-refractivity contribution in [1.29, 1.82) is 0 Å². The Morgan fingerprint density at radius 2 is 1.96 bits per heavy atom. The molecule has 1 aliphatic rings. The molecule has 0 spiro atoms. The van der Waals surface area contributed by atoms with Gasteiger partial charge in [-0.15, -0.1) is 11.3 Å². The Morgan fingerprint density at radius 3 is 2.69 bits per heavy atom. The maximum atomic E-state index is 12.3. The van der Waals surface area contributed by atoms with Gasteiger partial charge in [0.2, 0.25) is 0 Å². The lowest BCUT2D eigenvalue weighted by atomic mass is 9.90. The van der Waals surface area contributed by atoms with E-state index < -0.39 is 0 Å². The molecule has 1 heterocycles. The van der Waals surface area contributed by atoms with E-state index in [1.54, 1.807) is 7.05 Å². The van der Waals surface area contributed by atoms with Crippen LogP contribution < -0.4 is 10.9 Å². The predicted octanol–water partition coefficient (Wildman–Crippen LogP) is 3.67. The van der Waals surface area contributed by atoms with Gasteiger partial charge in [0, 0.05) is 18.5 Å². The number of carbonyl (C=O) groups excluding carboxylic acids is 2. The van der Waals surface area contributed by atoms with E-state index >= 15 is 0 Å². The van der Waals surface area contributed by atoms with Crippen molar-refractivity contribution in [1.82, 2.24) is 15.8 Å². The molecule has 0 saturated heterocycles. The van der Waals surface area contributed by atoms with Gasteiger partial charge in [0.25, 0.3) is 5.91 Å². The quantitative estimate of drug-likeness (QED) is 0.809. The average molecular weight is 372 g/mol. The van der Waals surface area contributed by atoms with E-state index in [0.29, 0.717) is 17.3 Å². The van der Waals surface area contributed by atoms with Crippen LogP contribution in [0.3, 0.4) is 0 Å². The van der Waals surface area contributed by atoms with Gasteiger partial charge in [0.05, 0.1) is 4.88 Å². The van der Waals surface area contributed by atoms with E-state index in [1.165, 1.54) is 38.7 Å². The highest BCUT2D eigenvalue weighted by atomic mass is 32.1. The molecule has 138 valence electrons. The van der Waals surface area contributed by atoms with Gasteiger partial charge in [-0.3, -0.25) is 10.2 Å². The molecule has 2 aromatic rings. The Bertz CT molecular complexity index is 798. The zero-order valence-electron chi connectivity index (χ0n) is 15.5. The van der Waals surface area contributed by atoms with Crippen LogP contribution in [0.25, 0.3) is 0 Å². The van der Waals surface area contributed by atoms with Crippen molar-refractivity contribution < 1.29 is 9.59 Å². The van der Waals surface area contributed by atoms with Crippen molar-refractivity contribution in [3.8, 4) is 0 Å². The average Bonchev–Trinajstić information content (AvgIpc) is 3.04. The molecule has 0 aliphatic heterocycles. The first kappa shape index (κ1) is 18.5. The number of nitrogens with zero attached hydrogens (tertiary/aromatic N) is 1. The molecular weight excluding hydrogens is 346 g/mol. The van der Waals surface area contributed by atoms with Crippen molar-refractivity contribution in [3.05, 3.63) is 56.8 Å². The summed E-state index contributed by atoms with van der Waals surface area (Å²) in [5.41, 5.74) is 8.52. The number of fused-ring (bicyclic) bond motifs is 1. The summed E-state index contributed by atoms with van der Waals surface area (Å²) in [4.78, 5) is 28.0. The molecule has 1 aromatic heterocycles. The molecule has 0 saturated carbocycles. The van der Waals surface area contributed by atoms with E-state index in [2.05, 4.69) is 17.8 Å². The molecule has 2 N–H and O–H groups in total. The third-order valence-corrected chi connectivity index (χ3v) is 5.96. The standard InChI is InChI=1S/C20H25N3O2S/c1-13-4-7-15(8-5-13)12-23(3)20(25)22-21-19(24)18-11-16-10-14(2)6-9-17(16)26-18/h4-5,7-8,11,14H,6,9-10,12H2,1-3H3,(H,21,24)(H,22,25)/t14-/m1/s1. The maximum absolute atomic E-state index is 12.3. The maximum Gasteiger partial charge on any atom is 0.336 e. The lowest BCUT2D eigenvalue weighted by molar-refractivity contribution is 0.0935. The Morgan fingerprint density at radius 1 is 1.23 bits per heavy atom. The fourth-order valence-electron chi connectivity index (χ4n) is 3.12. The van der Waals surface area contributed by atoms with Crippen molar-refractivity contribution in [3.63, 3.8) is 0 Å². The first-order valence-electron chi connectivity index (χ1n) is 8.91. The fraction of sp³-hybridized carbons (Fsp3) is 0.400. The van der Waals surface area contributed by atoms with Gasteiger partial charge >= 0.3 is 6.03 Å². The van der Waals surface area contributed by atoms with E-state index in [-0.39, 0.29) is 11.9 Å². The van der Waals surface area contributed by atoms with Gasteiger partial charge in [-0.2, -0.15) is 0 Å². The number of hydrazine groups is 1. The minimum atomic E-state index is -0.339. The molecule has 1 aliphatic carbocycles. The number of thiophene rings is 1. The minimum Gasteiger partial charge on any atom is -0.322 e. The summed E-state index contributed by atoms with van der Waals surface area (Å²) in [6.45, 7) is 4.75. The third kappa shape index (κ3) is 4.43. The molecule has 1 atom stereocenters. The number of amides is 3. The Kier molecular flexibility index (Phi) is 5.61. The number of benzene rings is 1. The predicted molar refractivity (Wildman–Crippen MR) is 104 cm³/mol. The summed E-state index contributed by atoms with van der Waals surface area (Å²) in [6.07, 6.45) is 3.25. The van der Waals surface area contributed by atoms with Crippen LogP contribution in [0.4, 0.5) is 4.79 Å². The van der Waals surface area contributed by atoms with Crippen LogP contribution in [0.15, 0.2) is 30.3 Å². The smallest absolute Gasteiger partial charge is 0.322 e. The second-order valence-electron chi connectivity index (χ2n) is 7.13. The largest absolute Gasteiger partial charge is 0.336 e. The minimum absolute atomic E-state index is 0.255. The van der Waals surface area contributed by atoms with Gasteiger partial charge in [0.1, 0.15) is 0 Å². The van der Waals surface area contributed by atoms with Crippen LogP contribution in [0, 0.1) is 12.8 Å². The summed E-state index contributed by atoms with van der Waals surface area (Å²) in [5.74, 6) is 0.414. The van der Waals surface area contributed by atoms with E-state index in [9.17, 15) is 9.59 Å². The fourth-order valence-corrected chi connectivity index (χ4v) is 4.23. The summed E-state index contributed by atoms with van der Waals surface area (Å²) in [7, 11) is 1.70. The normalized spacial score (nSPS) is 15.9. The molecule has 6 heteroatoms. The summed E-state index contributed by atoms with van der Waals surface area (Å²) >= 11 is 1.53. The highest BCUT2D eigenvalue weighted by molar-refractivity contribution is 7.14. The van der Waals surface area contributed by atoms with Gasteiger partial charge in [-0.1, -0.05) is 36.8 Å². The lowest BCUT2D eigenvalue weighted by Crippen LogP contribution is -2.47. The summed E-state index contributed by atoms with van der Waals surface area (Å²) < 4.78 is 0. The van der Waals surface area contributed by atoms with Gasteiger partial charge in [-0.05, 0) is 49.3 Å². The van der Waals surface area contributed by atoms with Crippen LogP contribution in [0.5, 0.6) is 0 Å². The van der Waals surface area contributed by atoms with E-state index in [4.69, 9.17) is 0 Å². The first-order valence-corrected chi connectivity index (χ1v) is 9.72. The number of hydrogen-bond acceptors (Lipinski definition) is 3. The number of aryl methyl sites for hydroxylation is 2. The topological polar surface area (TPSA) is 61.4 Å². The molecule has 0 radical (unpaired) electrons. The van der Waals surface area contributed by atoms with Crippen molar-refractivity contribution in [2.75, 3.05) is 7.05 Å². The molecule has 0 fully saturated rings. The molecule has 26 heavy (non-hydrogen) atoms. The van der Waals surface area contributed by atoms with Crippen LogP contribution in [-0.2, 0) is 19.4 Å².